The van der Waals surface area contributed by atoms with E-state index in [0.29, 0.717) is 127 Å². The van der Waals surface area contributed by atoms with Crippen LogP contribution in [0, 0.1) is 34.6 Å². The molecule has 0 amide bonds. The number of pyridine rings is 3. The zero-order valence-electron chi connectivity index (χ0n) is 56.2. The van der Waals surface area contributed by atoms with Gasteiger partial charge >= 0.3 is 0 Å². The van der Waals surface area contributed by atoms with Gasteiger partial charge in [0.2, 0.25) is 23.1 Å². The Morgan fingerprint density at radius 2 is 1.03 bits per heavy atom. The second-order valence-electron chi connectivity index (χ2n) is 27.1. The normalized spacial score (nSPS) is 22.3. The van der Waals surface area contributed by atoms with E-state index >= 15 is 0 Å². The number of carbonyl (C=O) groups excluding carboxylic acids is 4. The molecule has 0 unspecified atom stereocenters. The number of aliphatic hydroxyl groups is 4. The van der Waals surface area contributed by atoms with Crippen LogP contribution in [0.1, 0.15) is 94.9 Å². The molecule has 9 aliphatic heterocycles. The number of carbonyl (C=O) groups is 4. The second-order valence-corrected chi connectivity index (χ2v) is 29.1. The van der Waals surface area contributed by atoms with Crippen LogP contribution >= 0.6 is 22.7 Å². The van der Waals surface area contributed by atoms with Gasteiger partial charge in [0.25, 0.3) is 0 Å². The fourth-order valence-corrected chi connectivity index (χ4v) is 16.6. The van der Waals surface area contributed by atoms with E-state index in [1.54, 1.807) is 57.9 Å². The van der Waals surface area contributed by atoms with Crippen LogP contribution in [-0.4, -0.2) is 148 Å². The van der Waals surface area contributed by atoms with Crippen molar-refractivity contribution in [2.24, 2.45) is 20.0 Å². The summed E-state index contributed by atoms with van der Waals surface area (Å²) in [4.78, 5) is 88.1. The molecule has 11 aromatic rings. The first-order valence-corrected chi connectivity index (χ1v) is 35.5. The molecule has 22 nitrogen and oxygen atoms in total. The summed E-state index contributed by atoms with van der Waals surface area (Å²) in [5.41, 5.74) is 8.79. The molecule has 0 radical (unpaired) electrons. The van der Waals surface area contributed by atoms with Gasteiger partial charge in [-0.2, -0.15) is 5.10 Å². The van der Waals surface area contributed by atoms with Gasteiger partial charge < -0.3 is 50.1 Å². The second kappa shape index (κ2) is 24.1. The van der Waals surface area contributed by atoms with E-state index < -0.39 is 22.4 Å². The highest BCUT2D eigenvalue weighted by molar-refractivity contribution is 7.23. The number of anilines is 5. The standard InChI is InChI=1S/C20H18N4O2.C20H19N3O3.2C19H15N3O2S/c1-12-9-16-17(10-13(12)2)22-19-20(26,18(16)25)5-8-23(19)14-4-7-24-15(11-14)3-6-21-24;1-12-2-4-15-14(10-12)18(24)20(25)6-8-23(19(20)22-15)13-3-5-16-17(11-13)26-9-7-21-16;1-11-2-3-15-14(8-11)16(23)19(24)5-6-22(18(19)21-15)13-9-12-4-7-25-17(12)20-10-13;1-11-4-5-13-12(9-11)17(23)19(24)6-8-22(18(19)21-13)16-10-14-15(25-16)3-2-7-20-14/h3-4,6-7,9-11,26H,5,8H2,1-2H3;2-5,10-11,21,25H,6-9H2,1H3;2-4,7-10,24H,5-6H2,1H3;2-5,7,9-10,24H,6,8H2,1H3/t2*20-;2*19-/m1111/s1. The number of aromatic nitrogens is 4. The highest BCUT2D eigenvalue weighted by atomic mass is 32.1. The molecular weight excluding hydrogens is 1330 g/mol. The molecule has 5 N–H and O–H groups in total. The minimum Gasteiger partial charge on any atom is -0.490 e. The molecule has 4 atom stereocenters. The van der Waals surface area contributed by atoms with Crippen molar-refractivity contribution in [1.29, 1.82) is 0 Å². The summed E-state index contributed by atoms with van der Waals surface area (Å²) < 4.78 is 8.57. The van der Waals surface area contributed by atoms with Crippen LogP contribution in [0.25, 0.3) is 25.9 Å². The van der Waals surface area contributed by atoms with Crippen LogP contribution in [0.3, 0.4) is 0 Å². The molecule has 102 heavy (non-hydrogen) atoms. The van der Waals surface area contributed by atoms with Gasteiger partial charge in [-0.25, -0.2) is 29.5 Å². The van der Waals surface area contributed by atoms with Gasteiger partial charge in [-0.1, -0.05) is 34.9 Å². The number of hydrogen-bond acceptors (Lipinski definition) is 23. The number of thiophene rings is 2. The lowest BCUT2D eigenvalue weighted by Crippen LogP contribution is -2.48. The molecule has 4 fully saturated rings. The summed E-state index contributed by atoms with van der Waals surface area (Å²) in [7, 11) is 0. The van der Waals surface area contributed by atoms with Crippen LogP contribution in [0.2, 0.25) is 0 Å². The third-order valence-electron chi connectivity index (χ3n) is 20.5. The molecular formula is C78H67N13O9S2. The molecule has 0 spiro atoms. The number of ether oxygens (including phenoxy) is 1. The van der Waals surface area contributed by atoms with Crippen molar-refractivity contribution in [1.82, 2.24) is 19.6 Å². The van der Waals surface area contributed by atoms with E-state index in [-0.39, 0.29) is 23.1 Å². The quantitative estimate of drug-likeness (QED) is 0.109. The number of hydrogen-bond donors (Lipinski definition) is 5. The SMILES string of the molecule is Cc1cc2c(cc1C)C(=O)[C@]1(O)CCN(c3ccn4nccc4c3)C1=N2.Cc1ccc2c(c1)C(=O)[C@]1(O)CCN(c3cc4ncccc4s3)C1=N2.Cc1ccc2c(c1)C(=O)[C@]1(O)CCN(c3ccc4c(c3)OCCN4)C1=N2.Cc1ccc2c(c1)C(=O)[C@]1(O)CCN(c3cnc4sccc4c3)C1=N2. The summed E-state index contributed by atoms with van der Waals surface area (Å²) >= 11 is 3.18. The average molecular weight is 1390 g/mol. The Kier molecular flexibility index (Phi) is 15.2. The number of nitrogens with one attached hydrogen (secondary N) is 1. The number of fused-ring (bicyclic) bond motifs is 12. The smallest absolute Gasteiger partial charge is 0.204 e. The van der Waals surface area contributed by atoms with E-state index in [4.69, 9.17) is 9.73 Å². The fraction of sp³-hybridized carbons (Fsp3) is 0.244. The third-order valence-corrected chi connectivity index (χ3v) is 22.5. The van der Waals surface area contributed by atoms with Crippen LogP contribution < -0.4 is 29.7 Å². The maximum Gasteiger partial charge on any atom is 0.204 e. The van der Waals surface area contributed by atoms with Crippen LogP contribution in [0.5, 0.6) is 5.75 Å². The number of rotatable bonds is 4. The summed E-state index contributed by atoms with van der Waals surface area (Å²) in [6.45, 7) is 13.3. The van der Waals surface area contributed by atoms with Gasteiger partial charge in [0, 0.05) is 122 Å². The average Bonchev–Trinajstić information content (AvgIpc) is 1.55. The highest BCUT2D eigenvalue weighted by Crippen LogP contribution is 2.47. The predicted molar refractivity (Wildman–Crippen MR) is 398 cm³/mol. The van der Waals surface area contributed by atoms with Crippen molar-refractivity contribution in [2.45, 2.75) is 82.7 Å². The van der Waals surface area contributed by atoms with Crippen molar-refractivity contribution in [3.63, 3.8) is 0 Å². The zero-order chi connectivity index (χ0) is 70.3. The predicted octanol–water partition coefficient (Wildman–Crippen LogP) is 12.4. The molecule has 0 saturated carbocycles. The first kappa shape index (κ1) is 64.4. The number of aliphatic imine (C=N–C) groups is 4. The molecule has 6 aromatic heterocycles. The molecule has 510 valence electrons. The van der Waals surface area contributed by atoms with Gasteiger partial charge in [0.15, 0.2) is 28.2 Å². The first-order chi connectivity index (χ1) is 49.1. The molecule has 24 heteroatoms. The number of nitrogens with zero attached hydrogens (tertiary/aromatic N) is 12. The van der Waals surface area contributed by atoms with Crippen molar-refractivity contribution in [2.75, 3.05) is 64.2 Å². The number of amidine groups is 4. The van der Waals surface area contributed by atoms with Gasteiger partial charge in [0.1, 0.15) is 34.7 Å². The minimum atomic E-state index is -1.56. The third kappa shape index (κ3) is 10.4. The molecule has 15 heterocycles. The number of ketones is 4. The lowest BCUT2D eigenvalue weighted by molar-refractivity contribution is 0.0600. The van der Waals surface area contributed by atoms with E-state index in [9.17, 15) is 39.6 Å². The Labute approximate surface area is 592 Å². The molecule has 4 saturated heterocycles. The molecule has 20 rings (SSSR count). The largest absolute Gasteiger partial charge is 0.490 e. The summed E-state index contributed by atoms with van der Waals surface area (Å²) in [5, 5.41) is 55.9. The Balaban J connectivity index is 0.000000101. The van der Waals surface area contributed by atoms with E-state index in [2.05, 4.69) is 35.4 Å². The van der Waals surface area contributed by atoms with Crippen LogP contribution in [-0.2, 0) is 0 Å². The summed E-state index contributed by atoms with van der Waals surface area (Å²) in [6, 6.07) is 42.1. The number of aryl methyl sites for hydroxylation is 5. The monoisotopic (exact) mass is 1390 g/mol. The Bertz CT molecular complexity index is 5450. The lowest BCUT2D eigenvalue weighted by atomic mass is 9.86. The summed E-state index contributed by atoms with van der Waals surface area (Å²) in [6.07, 6.45) is 8.49. The van der Waals surface area contributed by atoms with E-state index in [0.717, 1.165) is 93.8 Å². The van der Waals surface area contributed by atoms with Crippen molar-refractivity contribution >= 4 is 146 Å². The van der Waals surface area contributed by atoms with Gasteiger partial charge in [-0.05, 0) is 160 Å². The van der Waals surface area contributed by atoms with E-state index in [1.165, 1.54) is 0 Å². The molecule has 9 aliphatic rings. The highest BCUT2D eigenvalue weighted by Gasteiger charge is 2.56. The maximum atomic E-state index is 13.1. The zero-order valence-corrected chi connectivity index (χ0v) is 57.8. The van der Waals surface area contributed by atoms with Gasteiger partial charge in [-0.15, -0.1) is 22.7 Å². The lowest BCUT2D eigenvalue weighted by Gasteiger charge is -2.30. The molecule has 0 bridgehead atoms. The molecule has 0 aliphatic carbocycles. The van der Waals surface area contributed by atoms with Crippen LogP contribution in [0.15, 0.2) is 184 Å². The van der Waals surface area contributed by atoms with Crippen molar-refractivity contribution in [3.05, 3.63) is 214 Å². The maximum absolute atomic E-state index is 13.1. The van der Waals surface area contributed by atoms with Gasteiger partial charge in [-0.3, -0.25) is 24.2 Å². The van der Waals surface area contributed by atoms with Crippen molar-refractivity contribution in [3.8, 4) is 5.75 Å². The van der Waals surface area contributed by atoms with E-state index in [1.807, 2.05) is 187 Å². The first-order valence-electron chi connectivity index (χ1n) is 33.8. The minimum absolute atomic E-state index is 0.252. The Morgan fingerprint density at radius 1 is 0.500 bits per heavy atom. The summed E-state index contributed by atoms with van der Waals surface area (Å²) in [5.74, 6) is 1.41. The molecule has 5 aromatic carbocycles. The number of benzene rings is 5. The van der Waals surface area contributed by atoms with Gasteiger partial charge in [0.05, 0.1) is 61.1 Å². The topological polar surface area (TPSA) is 276 Å². The van der Waals surface area contributed by atoms with Crippen LogP contribution in [0.4, 0.5) is 50.5 Å². The Hall–Kier alpha value is -11.0. The Morgan fingerprint density at radius 3 is 1.62 bits per heavy atom. The number of Topliss-reactive ketones (excluding diaryl/α,β-unsaturated/α-hetero) is 4. The van der Waals surface area contributed by atoms with Crippen molar-refractivity contribution < 1.29 is 44.3 Å². The fourth-order valence-electron chi connectivity index (χ4n) is 14.9.